The van der Waals surface area contributed by atoms with Crippen molar-refractivity contribution in [3.05, 3.63) is 35.6 Å². The van der Waals surface area contributed by atoms with Crippen LogP contribution in [0.15, 0.2) is 24.3 Å². The number of benzene rings is 1. The molecule has 0 bridgehead atoms. The number of piperidine rings is 1. The van der Waals surface area contributed by atoms with Gasteiger partial charge in [0.2, 0.25) is 0 Å². The molecule has 1 saturated heterocycles. The van der Waals surface area contributed by atoms with Gasteiger partial charge in [0.1, 0.15) is 5.82 Å². The summed E-state index contributed by atoms with van der Waals surface area (Å²) in [5, 5.41) is 3.46. The number of nitrogens with one attached hydrogen (secondary N) is 1. The van der Waals surface area contributed by atoms with E-state index < -0.39 is 0 Å². The van der Waals surface area contributed by atoms with E-state index in [4.69, 9.17) is 0 Å². The summed E-state index contributed by atoms with van der Waals surface area (Å²) >= 11 is 0. The Morgan fingerprint density at radius 3 is 2.89 bits per heavy atom. The molecule has 3 heteroatoms. The molecule has 1 atom stereocenters. The SMILES string of the molecule is CCCN(Cc1ccccc1F)CC1CCCNC1. The van der Waals surface area contributed by atoms with Crippen LogP contribution in [-0.2, 0) is 6.54 Å². The monoisotopic (exact) mass is 264 g/mol. The molecular weight excluding hydrogens is 239 g/mol. The lowest BCUT2D eigenvalue weighted by Gasteiger charge is -2.30. The van der Waals surface area contributed by atoms with Crippen molar-refractivity contribution in [3.8, 4) is 0 Å². The third-order valence-corrected chi connectivity index (χ3v) is 3.81. The van der Waals surface area contributed by atoms with E-state index in [1.807, 2.05) is 12.1 Å². The smallest absolute Gasteiger partial charge is 0.127 e. The van der Waals surface area contributed by atoms with Gasteiger partial charge in [-0.1, -0.05) is 25.1 Å². The number of nitrogens with zero attached hydrogens (tertiary/aromatic N) is 1. The van der Waals surface area contributed by atoms with Gasteiger partial charge in [-0.05, 0) is 50.9 Å². The van der Waals surface area contributed by atoms with Crippen LogP contribution in [0.1, 0.15) is 31.7 Å². The van der Waals surface area contributed by atoms with Gasteiger partial charge in [0, 0.05) is 18.7 Å². The van der Waals surface area contributed by atoms with Crippen molar-refractivity contribution in [2.24, 2.45) is 5.92 Å². The van der Waals surface area contributed by atoms with Gasteiger partial charge >= 0.3 is 0 Å². The molecule has 1 aliphatic rings. The lowest BCUT2D eigenvalue weighted by atomic mass is 9.98. The molecule has 2 rings (SSSR count). The number of halogens is 1. The lowest BCUT2D eigenvalue weighted by Crippen LogP contribution is -2.38. The summed E-state index contributed by atoms with van der Waals surface area (Å²) in [6.45, 7) is 7.31. The largest absolute Gasteiger partial charge is 0.316 e. The molecule has 0 amide bonds. The molecule has 0 saturated carbocycles. The first kappa shape index (κ1) is 14.5. The standard InChI is InChI=1S/C16H25FN2/c1-2-10-19(12-14-6-5-9-18-11-14)13-15-7-3-4-8-16(15)17/h3-4,7-8,14,18H,2,5-6,9-13H2,1H3. The molecule has 1 heterocycles. The Balaban J connectivity index is 1.93. The highest BCUT2D eigenvalue weighted by molar-refractivity contribution is 5.17. The summed E-state index contributed by atoms with van der Waals surface area (Å²) in [6.07, 6.45) is 3.68. The molecule has 0 aliphatic carbocycles. The second kappa shape index (κ2) is 7.61. The van der Waals surface area contributed by atoms with E-state index in [0.29, 0.717) is 5.92 Å². The quantitative estimate of drug-likeness (QED) is 0.849. The molecule has 1 unspecified atom stereocenters. The van der Waals surface area contributed by atoms with Crippen LogP contribution in [0.4, 0.5) is 4.39 Å². The Bertz CT molecular complexity index is 375. The molecule has 106 valence electrons. The zero-order valence-corrected chi connectivity index (χ0v) is 11.9. The summed E-state index contributed by atoms with van der Waals surface area (Å²) in [7, 11) is 0. The van der Waals surface area contributed by atoms with Gasteiger partial charge in [-0.3, -0.25) is 4.90 Å². The van der Waals surface area contributed by atoms with E-state index in [0.717, 1.165) is 44.7 Å². The molecule has 0 aromatic heterocycles. The van der Waals surface area contributed by atoms with Gasteiger partial charge in [-0.25, -0.2) is 4.39 Å². The van der Waals surface area contributed by atoms with Gasteiger partial charge in [0.25, 0.3) is 0 Å². The topological polar surface area (TPSA) is 15.3 Å². The zero-order chi connectivity index (χ0) is 13.5. The van der Waals surface area contributed by atoms with Crippen LogP contribution in [-0.4, -0.2) is 31.1 Å². The lowest BCUT2D eigenvalue weighted by molar-refractivity contribution is 0.199. The van der Waals surface area contributed by atoms with Gasteiger partial charge in [0.05, 0.1) is 0 Å². The minimum Gasteiger partial charge on any atom is -0.316 e. The molecule has 1 aliphatic heterocycles. The third kappa shape index (κ3) is 4.59. The summed E-state index contributed by atoms with van der Waals surface area (Å²) < 4.78 is 13.7. The Morgan fingerprint density at radius 2 is 2.21 bits per heavy atom. The number of hydrogen-bond donors (Lipinski definition) is 1. The summed E-state index contributed by atoms with van der Waals surface area (Å²) in [4.78, 5) is 2.40. The maximum atomic E-state index is 13.7. The average molecular weight is 264 g/mol. The van der Waals surface area contributed by atoms with E-state index in [2.05, 4.69) is 17.1 Å². The molecule has 1 fully saturated rings. The third-order valence-electron chi connectivity index (χ3n) is 3.81. The van der Waals surface area contributed by atoms with E-state index in [-0.39, 0.29) is 5.82 Å². The van der Waals surface area contributed by atoms with Crippen molar-refractivity contribution in [2.45, 2.75) is 32.7 Å². The number of rotatable bonds is 6. The van der Waals surface area contributed by atoms with Gasteiger partial charge in [-0.2, -0.15) is 0 Å². The van der Waals surface area contributed by atoms with Crippen molar-refractivity contribution >= 4 is 0 Å². The Morgan fingerprint density at radius 1 is 1.37 bits per heavy atom. The highest BCUT2D eigenvalue weighted by Crippen LogP contribution is 2.15. The predicted molar refractivity (Wildman–Crippen MR) is 77.6 cm³/mol. The molecule has 2 nitrogen and oxygen atoms in total. The molecule has 1 aromatic rings. The minimum absolute atomic E-state index is 0.0784. The molecular formula is C16H25FN2. The maximum Gasteiger partial charge on any atom is 0.127 e. The zero-order valence-electron chi connectivity index (χ0n) is 11.9. The molecule has 1 aromatic carbocycles. The highest BCUT2D eigenvalue weighted by atomic mass is 19.1. The van der Waals surface area contributed by atoms with Crippen LogP contribution < -0.4 is 5.32 Å². The fourth-order valence-electron chi connectivity index (χ4n) is 2.86. The van der Waals surface area contributed by atoms with Crippen molar-refractivity contribution < 1.29 is 4.39 Å². The van der Waals surface area contributed by atoms with Crippen LogP contribution in [0.2, 0.25) is 0 Å². The second-order valence-electron chi connectivity index (χ2n) is 5.54. The summed E-state index contributed by atoms with van der Waals surface area (Å²) in [6, 6.07) is 7.14. The number of hydrogen-bond acceptors (Lipinski definition) is 2. The van der Waals surface area contributed by atoms with Gasteiger partial charge in [0.15, 0.2) is 0 Å². The second-order valence-corrected chi connectivity index (χ2v) is 5.54. The van der Waals surface area contributed by atoms with Crippen LogP contribution in [0.25, 0.3) is 0 Å². The van der Waals surface area contributed by atoms with Crippen molar-refractivity contribution in [2.75, 3.05) is 26.2 Å². The first-order valence-corrected chi connectivity index (χ1v) is 7.46. The van der Waals surface area contributed by atoms with Crippen LogP contribution in [0.3, 0.4) is 0 Å². The van der Waals surface area contributed by atoms with Gasteiger partial charge < -0.3 is 5.32 Å². The first-order valence-electron chi connectivity index (χ1n) is 7.46. The molecule has 0 spiro atoms. The van der Waals surface area contributed by atoms with E-state index >= 15 is 0 Å². The van der Waals surface area contributed by atoms with Crippen LogP contribution in [0.5, 0.6) is 0 Å². The Kier molecular flexibility index (Phi) is 5.80. The fourth-order valence-corrected chi connectivity index (χ4v) is 2.86. The van der Waals surface area contributed by atoms with Gasteiger partial charge in [-0.15, -0.1) is 0 Å². The Hall–Kier alpha value is -0.930. The van der Waals surface area contributed by atoms with Crippen molar-refractivity contribution in [1.29, 1.82) is 0 Å². The first-order chi connectivity index (χ1) is 9.29. The van der Waals surface area contributed by atoms with E-state index in [1.54, 1.807) is 12.1 Å². The summed E-state index contributed by atoms with van der Waals surface area (Å²) in [5.41, 5.74) is 0.819. The highest BCUT2D eigenvalue weighted by Gasteiger charge is 2.17. The van der Waals surface area contributed by atoms with Crippen LogP contribution in [0, 0.1) is 11.7 Å². The van der Waals surface area contributed by atoms with Crippen molar-refractivity contribution in [1.82, 2.24) is 10.2 Å². The molecule has 1 N–H and O–H groups in total. The Labute approximate surface area is 116 Å². The van der Waals surface area contributed by atoms with E-state index in [1.165, 1.54) is 12.8 Å². The van der Waals surface area contributed by atoms with E-state index in [9.17, 15) is 4.39 Å². The minimum atomic E-state index is -0.0784. The fraction of sp³-hybridized carbons (Fsp3) is 0.625. The molecule has 0 radical (unpaired) electrons. The molecule has 19 heavy (non-hydrogen) atoms. The summed E-state index contributed by atoms with van der Waals surface area (Å²) in [5.74, 6) is 0.637. The van der Waals surface area contributed by atoms with Crippen LogP contribution >= 0.6 is 0 Å². The maximum absolute atomic E-state index is 13.7. The van der Waals surface area contributed by atoms with Crippen molar-refractivity contribution in [3.63, 3.8) is 0 Å². The average Bonchev–Trinajstić information content (AvgIpc) is 2.43. The predicted octanol–water partition coefficient (Wildman–Crippen LogP) is 3.04. The normalized spacial score (nSPS) is 19.8.